The number of anilines is 1. The molecule has 3 aromatic heterocycles. The Kier molecular flexibility index (Phi) is 5.58. The van der Waals surface area contributed by atoms with Crippen molar-refractivity contribution in [3.63, 3.8) is 0 Å². The van der Waals surface area contributed by atoms with Crippen LogP contribution in [0.4, 0.5) is 5.95 Å². The topological polar surface area (TPSA) is 81.4 Å². The summed E-state index contributed by atoms with van der Waals surface area (Å²) in [6.45, 7) is 4.60. The smallest absolute Gasteiger partial charge is 0.241 e. The first-order chi connectivity index (χ1) is 14.0. The number of carbonyl (C=O) groups excluding carboxylic acids is 1. The molecule has 0 radical (unpaired) electrons. The van der Waals surface area contributed by atoms with E-state index >= 15 is 0 Å². The molecule has 7 heteroatoms. The number of hydrogen-bond donors (Lipinski definition) is 1. The van der Waals surface area contributed by atoms with E-state index in [0.717, 1.165) is 40.9 Å². The second kappa shape index (κ2) is 8.29. The Bertz CT molecular complexity index is 1020. The van der Waals surface area contributed by atoms with Crippen LogP contribution < -0.4 is 5.32 Å². The monoisotopic (exact) mass is 393 g/mol. The Morgan fingerprint density at radius 2 is 2.07 bits per heavy atom. The number of aryl methyl sites for hydroxylation is 1. The summed E-state index contributed by atoms with van der Waals surface area (Å²) in [6.07, 6.45) is 6.72. The van der Waals surface area contributed by atoms with Gasteiger partial charge in [0.25, 0.3) is 0 Å². The number of hydrogen-bond acceptors (Lipinski definition) is 6. The third kappa shape index (κ3) is 4.15. The molecule has 0 bridgehead atoms. The van der Waals surface area contributed by atoms with Gasteiger partial charge >= 0.3 is 0 Å². The van der Waals surface area contributed by atoms with E-state index in [1.165, 1.54) is 0 Å². The summed E-state index contributed by atoms with van der Waals surface area (Å²) in [5.41, 5.74) is 5.28. The highest BCUT2D eigenvalue weighted by molar-refractivity contribution is 5.82. The molecule has 1 atom stereocenters. The molecule has 1 aliphatic rings. The minimum atomic E-state index is 0.103. The average Bonchev–Trinajstić information content (AvgIpc) is 3.08. The first-order valence-corrected chi connectivity index (χ1v) is 10.1. The van der Waals surface area contributed by atoms with Crippen molar-refractivity contribution in [1.82, 2.24) is 19.6 Å². The van der Waals surface area contributed by atoms with Gasteiger partial charge < -0.3 is 10.1 Å². The van der Waals surface area contributed by atoms with E-state index in [0.29, 0.717) is 37.1 Å². The number of nitrogens with one attached hydrogen (secondary N) is 1. The van der Waals surface area contributed by atoms with E-state index in [9.17, 15) is 4.79 Å². The summed E-state index contributed by atoms with van der Waals surface area (Å²) in [7, 11) is 1.68. The third-order valence-corrected chi connectivity index (χ3v) is 5.51. The van der Waals surface area contributed by atoms with Crippen LogP contribution in [0.5, 0.6) is 0 Å². The summed E-state index contributed by atoms with van der Waals surface area (Å²) >= 11 is 0. The average molecular weight is 393 g/mol. The Labute approximate surface area is 170 Å². The predicted octanol–water partition coefficient (Wildman–Crippen LogP) is 3.77. The van der Waals surface area contributed by atoms with Crippen molar-refractivity contribution in [3.8, 4) is 11.1 Å². The van der Waals surface area contributed by atoms with Gasteiger partial charge in [0.2, 0.25) is 5.95 Å². The number of carbonyl (C=O) groups is 1. The number of Topliss-reactive ketones (excluding diaryl/α,β-unsaturated/α-hetero) is 1. The maximum absolute atomic E-state index is 11.7. The molecule has 0 saturated heterocycles. The lowest BCUT2D eigenvalue weighted by Gasteiger charge is -2.20. The van der Waals surface area contributed by atoms with E-state index in [1.54, 1.807) is 7.11 Å². The summed E-state index contributed by atoms with van der Waals surface area (Å²) in [5, 5.41) is 8.10. The number of methoxy groups -OCH3 is 1. The molecule has 1 unspecified atom stereocenters. The number of ether oxygens (including phenoxy) is 1. The van der Waals surface area contributed by atoms with Crippen molar-refractivity contribution in [1.29, 1.82) is 0 Å². The molecule has 1 saturated carbocycles. The minimum absolute atomic E-state index is 0.103. The molecule has 152 valence electrons. The highest BCUT2D eigenvalue weighted by atomic mass is 16.5. The minimum Gasteiger partial charge on any atom is -0.383 e. The molecule has 0 amide bonds. The number of fused-ring (bicyclic) bond motifs is 1. The van der Waals surface area contributed by atoms with Crippen LogP contribution in [0.3, 0.4) is 0 Å². The Morgan fingerprint density at radius 1 is 1.28 bits per heavy atom. The van der Waals surface area contributed by atoms with Crippen molar-refractivity contribution < 1.29 is 9.53 Å². The maximum Gasteiger partial charge on any atom is 0.241 e. The molecule has 4 rings (SSSR count). The molecule has 7 nitrogen and oxygen atoms in total. The lowest BCUT2D eigenvalue weighted by atomic mass is 9.86. The quantitative estimate of drug-likeness (QED) is 0.686. The van der Waals surface area contributed by atoms with Gasteiger partial charge in [-0.05, 0) is 50.5 Å². The summed E-state index contributed by atoms with van der Waals surface area (Å²) < 4.78 is 7.20. The van der Waals surface area contributed by atoms with Crippen molar-refractivity contribution >= 4 is 17.2 Å². The summed E-state index contributed by atoms with van der Waals surface area (Å²) in [5.74, 6) is 1.25. The first-order valence-electron chi connectivity index (χ1n) is 10.1. The van der Waals surface area contributed by atoms with Crippen LogP contribution in [0.25, 0.3) is 16.6 Å². The van der Waals surface area contributed by atoms with Crippen molar-refractivity contribution in [3.05, 3.63) is 42.0 Å². The zero-order chi connectivity index (χ0) is 20.4. The lowest BCUT2D eigenvalue weighted by Crippen LogP contribution is -2.23. The summed E-state index contributed by atoms with van der Waals surface area (Å²) in [6, 6.07) is 6.41. The lowest BCUT2D eigenvalue weighted by molar-refractivity contribution is -0.120. The van der Waals surface area contributed by atoms with Gasteiger partial charge in [-0.2, -0.15) is 0 Å². The Balaban J connectivity index is 1.79. The second-order valence-corrected chi connectivity index (χ2v) is 7.86. The fourth-order valence-electron chi connectivity index (χ4n) is 4.06. The van der Waals surface area contributed by atoms with Gasteiger partial charge in [0.15, 0.2) is 0 Å². The molecule has 0 aromatic carbocycles. The van der Waals surface area contributed by atoms with Crippen LogP contribution in [0.1, 0.15) is 49.9 Å². The zero-order valence-electron chi connectivity index (χ0n) is 17.2. The third-order valence-electron chi connectivity index (χ3n) is 5.51. The van der Waals surface area contributed by atoms with E-state index in [-0.39, 0.29) is 6.04 Å². The predicted molar refractivity (Wildman–Crippen MR) is 112 cm³/mol. The van der Waals surface area contributed by atoms with Crippen molar-refractivity contribution in [2.75, 3.05) is 19.0 Å². The van der Waals surface area contributed by atoms with Gasteiger partial charge in [-0.1, -0.05) is 0 Å². The maximum atomic E-state index is 11.7. The van der Waals surface area contributed by atoms with E-state index in [1.807, 2.05) is 36.8 Å². The van der Waals surface area contributed by atoms with Crippen LogP contribution >= 0.6 is 0 Å². The van der Waals surface area contributed by atoms with Crippen LogP contribution in [0.15, 0.2) is 30.6 Å². The van der Waals surface area contributed by atoms with Crippen LogP contribution in [-0.2, 0) is 9.53 Å². The number of ketones is 1. The molecule has 3 aromatic rings. The van der Waals surface area contributed by atoms with Gasteiger partial charge in [0.05, 0.1) is 18.3 Å². The van der Waals surface area contributed by atoms with E-state index in [2.05, 4.69) is 27.4 Å². The van der Waals surface area contributed by atoms with Crippen LogP contribution in [0.2, 0.25) is 0 Å². The van der Waals surface area contributed by atoms with Gasteiger partial charge in [-0.15, -0.1) is 5.10 Å². The molecule has 1 N–H and O–H groups in total. The van der Waals surface area contributed by atoms with E-state index in [4.69, 9.17) is 9.84 Å². The van der Waals surface area contributed by atoms with Gasteiger partial charge in [-0.3, -0.25) is 9.78 Å². The molecule has 0 spiro atoms. The van der Waals surface area contributed by atoms with Crippen molar-refractivity contribution in [2.45, 2.75) is 51.5 Å². The number of aromatic nitrogens is 4. The fraction of sp³-hybridized carbons (Fsp3) is 0.455. The van der Waals surface area contributed by atoms with Crippen LogP contribution in [0, 0.1) is 6.92 Å². The number of nitrogens with zero attached hydrogens (tertiary/aromatic N) is 4. The Hall–Kier alpha value is -2.80. The normalized spacial score (nSPS) is 16.3. The molecule has 0 aliphatic heterocycles. The van der Waals surface area contributed by atoms with Crippen molar-refractivity contribution in [2.24, 2.45) is 0 Å². The molecule has 1 fully saturated rings. The SMILES string of the molecule is COCC(C)Nc1ncc2c(-c3ccnc(C)c3)cc(C3CCC(=O)CC3)n2n1. The molecule has 1 aliphatic carbocycles. The van der Waals surface area contributed by atoms with Gasteiger partial charge in [0.1, 0.15) is 5.78 Å². The molecule has 29 heavy (non-hydrogen) atoms. The standard InChI is InChI=1S/C22H27N5O2/c1-14-10-17(8-9-23-14)19-11-20(16-4-6-18(28)7-5-16)27-21(19)12-24-22(26-27)25-15(2)13-29-3/h8-12,15-16H,4-7,13H2,1-3H3,(H,25,26). The van der Waals surface area contributed by atoms with Gasteiger partial charge in [-0.25, -0.2) is 9.50 Å². The summed E-state index contributed by atoms with van der Waals surface area (Å²) in [4.78, 5) is 20.6. The zero-order valence-corrected chi connectivity index (χ0v) is 17.2. The highest BCUT2D eigenvalue weighted by Gasteiger charge is 2.25. The highest BCUT2D eigenvalue weighted by Crippen LogP contribution is 2.36. The molecular weight excluding hydrogens is 366 g/mol. The number of rotatable bonds is 6. The molecular formula is C22H27N5O2. The second-order valence-electron chi connectivity index (χ2n) is 7.86. The molecule has 3 heterocycles. The van der Waals surface area contributed by atoms with Crippen LogP contribution in [-0.4, -0.2) is 45.1 Å². The Morgan fingerprint density at radius 3 is 2.79 bits per heavy atom. The largest absolute Gasteiger partial charge is 0.383 e. The fourth-order valence-corrected chi connectivity index (χ4v) is 4.06. The first kappa shape index (κ1) is 19.5. The number of pyridine rings is 1. The van der Waals surface area contributed by atoms with Gasteiger partial charge in [0, 0.05) is 55.1 Å². The van der Waals surface area contributed by atoms with E-state index < -0.39 is 0 Å².